The molecular formula is C21H18ClN3O. The molecule has 0 saturated carbocycles. The molecule has 1 aliphatic rings. The SMILES string of the molecule is N#CC[C@@H]1CC(NC(=O)c2cc3cc(Cl)ccc3[nH]2)Cc2ccccc21. The fraction of sp³-hybridized carbons (Fsp3) is 0.238. The Bertz CT molecular complexity index is 1020. The number of H-pyrrole nitrogens is 1. The predicted octanol–water partition coefficient (Wildman–Crippen LogP) is 4.56. The number of aromatic nitrogens is 1. The van der Waals surface area contributed by atoms with E-state index in [1.165, 1.54) is 11.1 Å². The van der Waals surface area contributed by atoms with E-state index in [4.69, 9.17) is 16.9 Å². The van der Waals surface area contributed by atoms with Gasteiger partial charge in [0.2, 0.25) is 0 Å². The van der Waals surface area contributed by atoms with Gasteiger partial charge in [0.1, 0.15) is 5.69 Å². The Hall–Kier alpha value is -2.77. The molecule has 5 heteroatoms. The van der Waals surface area contributed by atoms with Crippen molar-refractivity contribution in [1.29, 1.82) is 5.26 Å². The van der Waals surface area contributed by atoms with Crippen molar-refractivity contribution >= 4 is 28.4 Å². The maximum absolute atomic E-state index is 12.7. The summed E-state index contributed by atoms with van der Waals surface area (Å²) in [5.74, 6) is 0.0363. The molecule has 0 fully saturated rings. The van der Waals surface area contributed by atoms with Crippen LogP contribution in [0.15, 0.2) is 48.5 Å². The van der Waals surface area contributed by atoms with Crippen molar-refractivity contribution in [3.8, 4) is 6.07 Å². The molecule has 2 aromatic carbocycles. The number of nitrogens with one attached hydrogen (secondary N) is 2. The van der Waals surface area contributed by atoms with Crippen molar-refractivity contribution in [3.05, 3.63) is 70.4 Å². The van der Waals surface area contributed by atoms with Gasteiger partial charge in [-0.3, -0.25) is 4.79 Å². The summed E-state index contributed by atoms with van der Waals surface area (Å²) in [4.78, 5) is 15.8. The summed E-state index contributed by atoms with van der Waals surface area (Å²) in [6.07, 6.45) is 2.03. The van der Waals surface area contributed by atoms with E-state index in [0.717, 1.165) is 23.7 Å². The molecule has 1 unspecified atom stereocenters. The van der Waals surface area contributed by atoms with Crippen LogP contribution in [0.3, 0.4) is 0 Å². The van der Waals surface area contributed by atoms with Gasteiger partial charge in [-0.05, 0) is 54.2 Å². The van der Waals surface area contributed by atoms with E-state index < -0.39 is 0 Å². The summed E-state index contributed by atoms with van der Waals surface area (Å²) in [7, 11) is 0. The van der Waals surface area contributed by atoms with E-state index in [2.05, 4.69) is 28.5 Å². The Labute approximate surface area is 156 Å². The molecule has 1 aliphatic carbocycles. The average Bonchev–Trinajstić information content (AvgIpc) is 3.05. The summed E-state index contributed by atoms with van der Waals surface area (Å²) >= 11 is 6.02. The van der Waals surface area contributed by atoms with Crippen molar-refractivity contribution in [2.45, 2.75) is 31.2 Å². The smallest absolute Gasteiger partial charge is 0.267 e. The van der Waals surface area contributed by atoms with Crippen LogP contribution in [0.2, 0.25) is 5.02 Å². The first-order valence-electron chi connectivity index (χ1n) is 8.68. The van der Waals surface area contributed by atoms with Crippen LogP contribution < -0.4 is 5.32 Å². The van der Waals surface area contributed by atoms with E-state index in [1.54, 1.807) is 6.07 Å². The average molecular weight is 364 g/mol. The van der Waals surface area contributed by atoms with Gasteiger partial charge in [0.15, 0.2) is 0 Å². The highest BCUT2D eigenvalue weighted by molar-refractivity contribution is 6.31. The molecule has 0 spiro atoms. The maximum atomic E-state index is 12.7. The van der Waals surface area contributed by atoms with Crippen LogP contribution in [0, 0.1) is 11.3 Å². The van der Waals surface area contributed by atoms with Gasteiger partial charge in [-0.15, -0.1) is 0 Å². The Kier molecular flexibility index (Phi) is 4.40. The fourth-order valence-corrected chi connectivity index (χ4v) is 4.02. The molecule has 0 radical (unpaired) electrons. The summed E-state index contributed by atoms with van der Waals surface area (Å²) in [6, 6.07) is 17.8. The van der Waals surface area contributed by atoms with Crippen molar-refractivity contribution < 1.29 is 4.79 Å². The Balaban J connectivity index is 1.54. The first-order chi connectivity index (χ1) is 12.6. The van der Waals surface area contributed by atoms with Crippen LogP contribution >= 0.6 is 11.6 Å². The number of nitriles is 1. The van der Waals surface area contributed by atoms with Crippen molar-refractivity contribution in [2.24, 2.45) is 0 Å². The number of benzene rings is 2. The lowest BCUT2D eigenvalue weighted by atomic mass is 9.79. The zero-order chi connectivity index (χ0) is 18.1. The Morgan fingerprint density at radius 1 is 1.27 bits per heavy atom. The van der Waals surface area contributed by atoms with Gasteiger partial charge in [-0.1, -0.05) is 35.9 Å². The number of nitrogens with zero attached hydrogens (tertiary/aromatic N) is 1. The highest BCUT2D eigenvalue weighted by Gasteiger charge is 2.28. The molecule has 0 bridgehead atoms. The standard InChI is InChI=1S/C21H18ClN3O/c22-16-5-6-19-15(9-16)12-20(25-19)21(26)24-17-10-13-3-1-2-4-18(13)14(11-17)7-8-23/h1-6,9,12,14,17,25H,7,10-11H2,(H,24,26)/t14-,17?/m1/s1. The van der Waals surface area contributed by atoms with Gasteiger partial charge in [0.05, 0.1) is 6.07 Å². The molecule has 2 N–H and O–H groups in total. The molecule has 26 heavy (non-hydrogen) atoms. The third-order valence-corrected chi connectivity index (χ3v) is 5.27. The Morgan fingerprint density at radius 3 is 2.96 bits per heavy atom. The number of hydrogen-bond acceptors (Lipinski definition) is 2. The molecule has 4 rings (SSSR count). The van der Waals surface area contributed by atoms with Crippen LogP contribution in [-0.2, 0) is 6.42 Å². The third kappa shape index (κ3) is 3.18. The summed E-state index contributed by atoms with van der Waals surface area (Å²) in [6.45, 7) is 0. The highest BCUT2D eigenvalue weighted by Crippen LogP contribution is 2.34. The first kappa shape index (κ1) is 16.7. The highest BCUT2D eigenvalue weighted by atomic mass is 35.5. The second kappa shape index (κ2) is 6.86. The minimum Gasteiger partial charge on any atom is -0.351 e. The molecule has 1 aromatic heterocycles. The summed E-state index contributed by atoms with van der Waals surface area (Å²) < 4.78 is 0. The predicted molar refractivity (Wildman–Crippen MR) is 102 cm³/mol. The van der Waals surface area contributed by atoms with Crippen molar-refractivity contribution in [3.63, 3.8) is 0 Å². The summed E-state index contributed by atoms with van der Waals surface area (Å²) in [5.41, 5.74) is 3.86. The topological polar surface area (TPSA) is 68.7 Å². The van der Waals surface area contributed by atoms with E-state index in [1.807, 2.05) is 30.3 Å². The Morgan fingerprint density at radius 2 is 2.12 bits per heavy atom. The van der Waals surface area contributed by atoms with Gasteiger partial charge in [0.25, 0.3) is 5.91 Å². The van der Waals surface area contributed by atoms with E-state index in [0.29, 0.717) is 17.1 Å². The lowest BCUT2D eigenvalue weighted by molar-refractivity contribution is 0.0927. The van der Waals surface area contributed by atoms with Crippen molar-refractivity contribution in [1.82, 2.24) is 10.3 Å². The molecule has 4 nitrogen and oxygen atoms in total. The molecule has 1 heterocycles. The van der Waals surface area contributed by atoms with Gasteiger partial charge < -0.3 is 10.3 Å². The van der Waals surface area contributed by atoms with Crippen LogP contribution in [0.4, 0.5) is 0 Å². The lowest BCUT2D eigenvalue weighted by Crippen LogP contribution is -2.40. The second-order valence-electron chi connectivity index (χ2n) is 6.78. The lowest BCUT2D eigenvalue weighted by Gasteiger charge is -2.31. The normalized spacial score (nSPS) is 18.9. The number of carbonyl (C=O) groups excluding carboxylic acids is 1. The number of aromatic amines is 1. The minimum atomic E-state index is -0.127. The molecule has 0 aliphatic heterocycles. The van der Waals surface area contributed by atoms with Crippen LogP contribution in [0.5, 0.6) is 0 Å². The van der Waals surface area contributed by atoms with E-state index in [-0.39, 0.29) is 17.9 Å². The molecule has 1 amide bonds. The zero-order valence-electron chi connectivity index (χ0n) is 14.1. The van der Waals surface area contributed by atoms with Gasteiger partial charge in [-0.25, -0.2) is 0 Å². The summed E-state index contributed by atoms with van der Waals surface area (Å²) in [5, 5.41) is 13.8. The molecule has 2 atom stereocenters. The largest absolute Gasteiger partial charge is 0.351 e. The molecule has 130 valence electrons. The van der Waals surface area contributed by atoms with Gasteiger partial charge in [0, 0.05) is 28.4 Å². The monoisotopic (exact) mass is 363 g/mol. The van der Waals surface area contributed by atoms with Gasteiger partial charge in [-0.2, -0.15) is 5.26 Å². The number of rotatable bonds is 3. The third-order valence-electron chi connectivity index (χ3n) is 5.03. The van der Waals surface area contributed by atoms with Crippen molar-refractivity contribution in [2.75, 3.05) is 0 Å². The zero-order valence-corrected chi connectivity index (χ0v) is 14.9. The minimum absolute atomic E-state index is 0.0192. The first-order valence-corrected chi connectivity index (χ1v) is 9.05. The molecule has 0 saturated heterocycles. The van der Waals surface area contributed by atoms with Crippen LogP contribution in [-0.4, -0.2) is 16.9 Å². The fourth-order valence-electron chi connectivity index (χ4n) is 3.84. The number of hydrogen-bond donors (Lipinski definition) is 2. The number of fused-ring (bicyclic) bond motifs is 2. The van der Waals surface area contributed by atoms with Crippen LogP contribution in [0.1, 0.15) is 40.4 Å². The van der Waals surface area contributed by atoms with E-state index in [9.17, 15) is 4.79 Å². The molecule has 3 aromatic rings. The maximum Gasteiger partial charge on any atom is 0.267 e. The van der Waals surface area contributed by atoms with Gasteiger partial charge >= 0.3 is 0 Å². The number of halogens is 1. The number of carbonyl (C=O) groups is 1. The number of amides is 1. The van der Waals surface area contributed by atoms with E-state index >= 15 is 0 Å². The van der Waals surface area contributed by atoms with Crippen LogP contribution in [0.25, 0.3) is 10.9 Å². The second-order valence-corrected chi connectivity index (χ2v) is 7.22. The molecular weight excluding hydrogens is 346 g/mol. The quantitative estimate of drug-likeness (QED) is 0.716.